The Kier molecular flexibility index (Phi) is 7.69. The highest BCUT2D eigenvalue weighted by Crippen LogP contribution is 2.18. The molecule has 0 unspecified atom stereocenters. The number of hydrogen-bond acceptors (Lipinski definition) is 5. The van der Waals surface area contributed by atoms with Crippen LogP contribution in [0.25, 0.3) is 10.9 Å². The van der Waals surface area contributed by atoms with Gasteiger partial charge in [0.2, 0.25) is 5.91 Å². The monoisotopic (exact) mass is 431 g/mol. The molecule has 1 amide bonds. The molecule has 8 heteroatoms. The largest absolute Gasteiger partial charge is 0.385 e. The van der Waals surface area contributed by atoms with Gasteiger partial charge in [-0.05, 0) is 30.2 Å². The summed E-state index contributed by atoms with van der Waals surface area (Å²) in [5.41, 5.74) is 1.37. The van der Waals surface area contributed by atoms with E-state index in [4.69, 9.17) is 16.3 Å². The van der Waals surface area contributed by atoms with Crippen LogP contribution in [0, 0.1) is 0 Å². The molecule has 152 valence electrons. The molecule has 3 aromatic rings. The minimum atomic E-state index is -0.152. The van der Waals surface area contributed by atoms with Gasteiger partial charge in [-0.3, -0.25) is 14.2 Å². The van der Waals surface area contributed by atoms with Gasteiger partial charge in [0.05, 0.1) is 16.7 Å². The van der Waals surface area contributed by atoms with E-state index in [-0.39, 0.29) is 17.2 Å². The number of thioether (sulfide) groups is 1. The van der Waals surface area contributed by atoms with Crippen LogP contribution in [0.4, 0.5) is 0 Å². The average molecular weight is 432 g/mol. The molecular formula is C21H22ClN3O3S. The van der Waals surface area contributed by atoms with Crippen molar-refractivity contribution in [3.05, 3.63) is 69.5 Å². The Balaban J connectivity index is 1.72. The Morgan fingerprint density at radius 1 is 1.21 bits per heavy atom. The molecule has 6 nitrogen and oxygen atoms in total. The number of benzene rings is 2. The number of carbonyl (C=O) groups is 1. The molecule has 0 radical (unpaired) electrons. The predicted molar refractivity (Wildman–Crippen MR) is 117 cm³/mol. The van der Waals surface area contributed by atoms with Crippen LogP contribution in [-0.4, -0.2) is 34.9 Å². The summed E-state index contributed by atoms with van der Waals surface area (Å²) in [6, 6.07) is 14.6. The number of aromatic nitrogens is 2. The van der Waals surface area contributed by atoms with Crippen LogP contribution in [0.3, 0.4) is 0 Å². The second kappa shape index (κ2) is 10.4. The molecule has 0 atom stereocenters. The van der Waals surface area contributed by atoms with E-state index in [1.54, 1.807) is 29.9 Å². The molecule has 1 aromatic heterocycles. The Morgan fingerprint density at radius 3 is 2.76 bits per heavy atom. The van der Waals surface area contributed by atoms with Crippen molar-refractivity contribution in [2.75, 3.05) is 19.5 Å². The van der Waals surface area contributed by atoms with E-state index in [1.165, 1.54) is 11.8 Å². The molecule has 1 heterocycles. The van der Waals surface area contributed by atoms with Crippen LogP contribution in [0.2, 0.25) is 5.02 Å². The van der Waals surface area contributed by atoms with Crippen LogP contribution >= 0.6 is 23.4 Å². The highest BCUT2D eigenvalue weighted by Gasteiger charge is 2.13. The van der Waals surface area contributed by atoms with Crippen LogP contribution < -0.4 is 10.9 Å². The fraction of sp³-hybridized carbons (Fsp3) is 0.286. The summed E-state index contributed by atoms with van der Waals surface area (Å²) < 4.78 is 6.71. The molecule has 3 rings (SSSR count). The van der Waals surface area contributed by atoms with Crippen LogP contribution in [0.15, 0.2) is 58.5 Å². The Labute approximate surface area is 178 Å². The first-order valence-corrected chi connectivity index (χ1v) is 10.6. The van der Waals surface area contributed by atoms with Crippen LogP contribution in [0.1, 0.15) is 12.0 Å². The van der Waals surface area contributed by atoms with Crippen LogP contribution in [-0.2, 0) is 22.6 Å². The molecular weight excluding hydrogens is 410 g/mol. The number of hydrogen-bond donors (Lipinski definition) is 1. The molecule has 1 N–H and O–H groups in total. The Hall–Kier alpha value is -2.35. The van der Waals surface area contributed by atoms with Gasteiger partial charge < -0.3 is 10.1 Å². The van der Waals surface area contributed by atoms with Gasteiger partial charge >= 0.3 is 0 Å². The lowest BCUT2D eigenvalue weighted by Gasteiger charge is -2.13. The van der Waals surface area contributed by atoms with Gasteiger partial charge in [-0.15, -0.1) is 0 Å². The molecule has 0 aliphatic carbocycles. The first kappa shape index (κ1) is 21.4. The number of para-hydroxylation sites is 1. The van der Waals surface area contributed by atoms with E-state index in [2.05, 4.69) is 10.3 Å². The van der Waals surface area contributed by atoms with Gasteiger partial charge in [0.15, 0.2) is 5.16 Å². The summed E-state index contributed by atoms with van der Waals surface area (Å²) >= 11 is 7.37. The Morgan fingerprint density at radius 2 is 1.97 bits per heavy atom. The van der Waals surface area contributed by atoms with E-state index in [1.807, 2.05) is 30.3 Å². The third-order valence-electron chi connectivity index (χ3n) is 4.32. The van der Waals surface area contributed by atoms with Gasteiger partial charge in [-0.1, -0.05) is 53.7 Å². The fourth-order valence-electron chi connectivity index (χ4n) is 2.84. The SMILES string of the molecule is COCCCn1c(SCC(=O)NCc2ccccc2Cl)nc2ccccc2c1=O. The van der Waals surface area contributed by atoms with Crippen molar-refractivity contribution in [3.63, 3.8) is 0 Å². The maximum absolute atomic E-state index is 12.9. The summed E-state index contributed by atoms with van der Waals surface area (Å²) in [6.07, 6.45) is 0.683. The molecule has 0 bridgehead atoms. The van der Waals surface area contributed by atoms with Gasteiger partial charge in [-0.2, -0.15) is 0 Å². The van der Waals surface area contributed by atoms with Gasteiger partial charge in [0.1, 0.15) is 0 Å². The zero-order valence-corrected chi connectivity index (χ0v) is 17.6. The van der Waals surface area contributed by atoms with E-state index in [0.29, 0.717) is 47.2 Å². The average Bonchev–Trinajstić information content (AvgIpc) is 2.73. The number of amides is 1. The zero-order chi connectivity index (χ0) is 20.6. The molecule has 29 heavy (non-hydrogen) atoms. The number of carbonyl (C=O) groups excluding carboxylic acids is 1. The molecule has 0 fully saturated rings. The number of ether oxygens (including phenoxy) is 1. The highest BCUT2D eigenvalue weighted by atomic mass is 35.5. The zero-order valence-electron chi connectivity index (χ0n) is 16.1. The second-order valence-electron chi connectivity index (χ2n) is 6.37. The second-order valence-corrected chi connectivity index (χ2v) is 7.72. The topological polar surface area (TPSA) is 73.2 Å². The number of halogens is 1. The first-order valence-electron chi connectivity index (χ1n) is 9.21. The smallest absolute Gasteiger partial charge is 0.262 e. The molecule has 0 aliphatic rings. The summed E-state index contributed by atoms with van der Waals surface area (Å²) in [4.78, 5) is 29.8. The van der Waals surface area contributed by atoms with Crippen molar-refractivity contribution in [2.24, 2.45) is 0 Å². The van der Waals surface area contributed by atoms with Crippen molar-refractivity contribution in [2.45, 2.75) is 24.7 Å². The minimum absolute atomic E-state index is 0.106. The maximum Gasteiger partial charge on any atom is 0.262 e. The number of nitrogens with one attached hydrogen (secondary N) is 1. The van der Waals surface area contributed by atoms with E-state index in [0.717, 1.165) is 5.56 Å². The number of nitrogens with zero attached hydrogens (tertiary/aromatic N) is 2. The van der Waals surface area contributed by atoms with Crippen molar-refractivity contribution < 1.29 is 9.53 Å². The lowest BCUT2D eigenvalue weighted by Crippen LogP contribution is -2.27. The fourth-order valence-corrected chi connectivity index (χ4v) is 3.90. The molecule has 0 spiro atoms. The van der Waals surface area contributed by atoms with E-state index >= 15 is 0 Å². The highest BCUT2D eigenvalue weighted by molar-refractivity contribution is 7.99. The number of rotatable bonds is 9. The summed E-state index contributed by atoms with van der Waals surface area (Å²) in [5.74, 6) is 0.000226. The minimum Gasteiger partial charge on any atom is -0.385 e. The molecule has 0 aliphatic heterocycles. The summed E-state index contributed by atoms with van der Waals surface area (Å²) in [6.45, 7) is 1.38. The first-order chi connectivity index (χ1) is 14.1. The quantitative estimate of drug-likeness (QED) is 0.319. The lowest BCUT2D eigenvalue weighted by atomic mass is 10.2. The maximum atomic E-state index is 12.9. The van der Waals surface area contributed by atoms with Gasteiger partial charge in [0, 0.05) is 31.8 Å². The van der Waals surface area contributed by atoms with E-state index in [9.17, 15) is 9.59 Å². The summed E-state index contributed by atoms with van der Waals surface area (Å²) in [7, 11) is 1.63. The third-order valence-corrected chi connectivity index (χ3v) is 5.67. The number of fused-ring (bicyclic) bond motifs is 1. The van der Waals surface area contributed by atoms with Crippen molar-refractivity contribution in [1.82, 2.24) is 14.9 Å². The molecule has 2 aromatic carbocycles. The standard InChI is InChI=1S/C21H22ClN3O3S/c1-28-12-6-11-25-20(27)16-8-3-5-10-18(16)24-21(25)29-14-19(26)23-13-15-7-2-4-9-17(15)22/h2-5,7-10H,6,11-14H2,1H3,(H,23,26). The van der Waals surface area contributed by atoms with Crippen molar-refractivity contribution in [3.8, 4) is 0 Å². The van der Waals surface area contributed by atoms with Gasteiger partial charge in [0.25, 0.3) is 5.56 Å². The van der Waals surface area contributed by atoms with Crippen molar-refractivity contribution in [1.29, 1.82) is 0 Å². The predicted octanol–water partition coefficient (Wildman–Crippen LogP) is 3.49. The Bertz CT molecular complexity index is 1050. The molecule has 0 saturated carbocycles. The van der Waals surface area contributed by atoms with E-state index < -0.39 is 0 Å². The lowest BCUT2D eigenvalue weighted by molar-refractivity contribution is -0.118. The number of methoxy groups -OCH3 is 1. The van der Waals surface area contributed by atoms with Crippen LogP contribution in [0.5, 0.6) is 0 Å². The molecule has 0 saturated heterocycles. The van der Waals surface area contributed by atoms with Crippen molar-refractivity contribution >= 4 is 40.2 Å². The summed E-state index contributed by atoms with van der Waals surface area (Å²) in [5, 5.41) is 4.56. The third kappa shape index (κ3) is 5.59. The van der Waals surface area contributed by atoms with Gasteiger partial charge in [-0.25, -0.2) is 4.98 Å². The normalized spacial score (nSPS) is 11.0.